The summed E-state index contributed by atoms with van der Waals surface area (Å²) in [6, 6.07) is 0.230. The lowest BCUT2D eigenvalue weighted by molar-refractivity contribution is 0.235. The molecular formula is C9H10N3. The first-order valence-electron chi connectivity index (χ1n) is 3.89. The van der Waals surface area contributed by atoms with Gasteiger partial charge < -0.3 is 0 Å². The lowest BCUT2D eigenvalue weighted by Gasteiger charge is -2.19. The second kappa shape index (κ2) is 2.95. The van der Waals surface area contributed by atoms with E-state index in [9.17, 15) is 0 Å². The van der Waals surface area contributed by atoms with Crippen molar-refractivity contribution in [3.8, 4) is 0 Å². The predicted octanol–water partition coefficient (Wildman–Crippen LogP) is 0.646. The number of nitrogens with zero attached hydrogens (tertiary/aromatic N) is 2. The van der Waals surface area contributed by atoms with Gasteiger partial charge >= 0.3 is 0 Å². The lowest BCUT2D eigenvalue weighted by Crippen LogP contribution is -2.39. The van der Waals surface area contributed by atoms with Gasteiger partial charge in [-0.15, -0.1) is 6.58 Å². The van der Waals surface area contributed by atoms with Gasteiger partial charge in [0.05, 0.1) is 11.8 Å². The summed E-state index contributed by atoms with van der Waals surface area (Å²) < 4.78 is 0. The standard InChI is InChI=1S/C9H10N3/c1-2-7-12-9-6-4-3-5-8(9)10-11-12/h2-4,6,9,11H,1,7H2. The molecule has 0 fully saturated rings. The van der Waals surface area contributed by atoms with Crippen molar-refractivity contribution in [2.75, 3.05) is 6.54 Å². The maximum absolute atomic E-state index is 4.11. The molecule has 61 valence electrons. The number of hydrogen-bond acceptors (Lipinski definition) is 3. The minimum absolute atomic E-state index is 0.230. The molecule has 0 aromatic rings. The van der Waals surface area contributed by atoms with E-state index >= 15 is 0 Å². The minimum atomic E-state index is 0.230. The zero-order valence-electron chi connectivity index (χ0n) is 6.70. The maximum Gasteiger partial charge on any atom is 0.0939 e. The first-order valence-corrected chi connectivity index (χ1v) is 3.89. The van der Waals surface area contributed by atoms with Crippen molar-refractivity contribution in [3.63, 3.8) is 0 Å². The molecule has 2 aliphatic rings. The van der Waals surface area contributed by atoms with Gasteiger partial charge in [-0.1, -0.05) is 24.3 Å². The number of hydrazine groups is 1. The Morgan fingerprint density at radius 2 is 2.75 bits per heavy atom. The van der Waals surface area contributed by atoms with Crippen LogP contribution in [0.5, 0.6) is 0 Å². The fourth-order valence-corrected chi connectivity index (χ4v) is 1.29. The Bertz CT molecular complexity index is 275. The Balaban J connectivity index is 2.13. The summed E-state index contributed by atoms with van der Waals surface area (Å²) in [5.41, 5.74) is 3.86. The zero-order valence-corrected chi connectivity index (χ0v) is 6.70. The average Bonchev–Trinajstić information content (AvgIpc) is 2.50. The molecule has 1 heterocycles. The largest absolute Gasteiger partial charge is 0.239 e. The van der Waals surface area contributed by atoms with E-state index < -0.39 is 0 Å². The molecule has 1 N–H and O–H groups in total. The van der Waals surface area contributed by atoms with E-state index in [1.165, 1.54) is 0 Å². The van der Waals surface area contributed by atoms with E-state index in [1.54, 1.807) is 0 Å². The summed E-state index contributed by atoms with van der Waals surface area (Å²) in [4.78, 5) is 0. The fourth-order valence-electron chi connectivity index (χ4n) is 1.29. The third kappa shape index (κ3) is 1.08. The van der Waals surface area contributed by atoms with E-state index in [0.717, 1.165) is 12.3 Å². The van der Waals surface area contributed by atoms with Crippen LogP contribution in [0, 0.1) is 6.08 Å². The topological polar surface area (TPSA) is 27.6 Å². The van der Waals surface area contributed by atoms with Crippen LogP contribution in [-0.2, 0) is 0 Å². The molecule has 0 bridgehead atoms. The number of allylic oxidation sites excluding steroid dienone is 2. The van der Waals surface area contributed by atoms with Gasteiger partial charge in [0.2, 0.25) is 0 Å². The van der Waals surface area contributed by atoms with E-state index in [-0.39, 0.29) is 6.04 Å². The molecule has 0 saturated heterocycles. The van der Waals surface area contributed by atoms with Crippen LogP contribution < -0.4 is 5.53 Å². The molecule has 3 nitrogen and oxygen atoms in total. The van der Waals surface area contributed by atoms with Gasteiger partial charge in [0, 0.05) is 12.6 Å². The first kappa shape index (κ1) is 7.31. The van der Waals surface area contributed by atoms with Crippen molar-refractivity contribution in [1.82, 2.24) is 10.5 Å². The molecule has 1 radical (unpaired) electrons. The second-order valence-corrected chi connectivity index (χ2v) is 2.68. The number of fused-ring (bicyclic) bond motifs is 1. The van der Waals surface area contributed by atoms with Gasteiger partial charge in [0.1, 0.15) is 0 Å². The highest BCUT2D eigenvalue weighted by Gasteiger charge is 2.25. The van der Waals surface area contributed by atoms with Crippen LogP contribution in [-0.4, -0.2) is 23.3 Å². The van der Waals surface area contributed by atoms with Gasteiger partial charge in [-0.2, -0.15) is 10.1 Å². The van der Waals surface area contributed by atoms with Crippen LogP contribution >= 0.6 is 0 Å². The van der Waals surface area contributed by atoms with Gasteiger partial charge in [-0.05, 0) is 0 Å². The Labute approximate surface area is 71.7 Å². The fraction of sp³-hybridized carbons (Fsp3) is 0.222. The number of nitrogens with one attached hydrogen (secondary N) is 1. The summed E-state index contributed by atoms with van der Waals surface area (Å²) in [5, 5.41) is 6.11. The quantitative estimate of drug-likeness (QED) is 0.600. The maximum atomic E-state index is 4.11. The van der Waals surface area contributed by atoms with Crippen molar-refractivity contribution in [3.05, 3.63) is 37.0 Å². The van der Waals surface area contributed by atoms with Gasteiger partial charge in [-0.3, -0.25) is 0 Å². The molecule has 0 amide bonds. The van der Waals surface area contributed by atoms with Crippen molar-refractivity contribution >= 4 is 5.71 Å². The van der Waals surface area contributed by atoms with Gasteiger partial charge in [0.15, 0.2) is 0 Å². The minimum Gasteiger partial charge on any atom is -0.239 e. The highest BCUT2D eigenvalue weighted by Crippen LogP contribution is 2.11. The highest BCUT2D eigenvalue weighted by atomic mass is 15.7. The summed E-state index contributed by atoms with van der Waals surface area (Å²) in [7, 11) is 0. The molecule has 0 saturated carbocycles. The van der Waals surface area contributed by atoms with Crippen molar-refractivity contribution in [2.45, 2.75) is 6.04 Å². The van der Waals surface area contributed by atoms with Crippen LogP contribution in [0.15, 0.2) is 36.0 Å². The van der Waals surface area contributed by atoms with Crippen molar-refractivity contribution in [2.24, 2.45) is 5.10 Å². The van der Waals surface area contributed by atoms with Crippen molar-refractivity contribution in [1.29, 1.82) is 0 Å². The van der Waals surface area contributed by atoms with E-state index in [2.05, 4.69) is 29.4 Å². The normalized spacial score (nSPS) is 26.3. The lowest BCUT2D eigenvalue weighted by atomic mass is 10.1. The molecule has 3 heteroatoms. The summed E-state index contributed by atoms with van der Waals surface area (Å²) >= 11 is 0. The monoisotopic (exact) mass is 160 g/mol. The third-order valence-electron chi connectivity index (χ3n) is 1.86. The molecule has 0 aromatic heterocycles. The van der Waals surface area contributed by atoms with Crippen LogP contribution in [0.2, 0.25) is 0 Å². The Morgan fingerprint density at radius 3 is 3.58 bits per heavy atom. The number of hydrogen-bond donors (Lipinski definition) is 1. The number of rotatable bonds is 2. The first-order chi connectivity index (χ1) is 5.92. The molecule has 0 spiro atoms. The van der Waals surface area contributed by atoms with Crippen LogP contribution in [0.1, 0.15) is 0 Å². The Hall–Kier alpha value is -1.35. The molecule has 12 heavy (non-hydrogen) atoms. The van der Waals surface area contributed by atoms with Crippen LogP contribution in [0.25, 0.3) is 0 Å². The average molecular weight is 160 g/mol. The molecule has 0 aromatic carbocycles. The van der Waals surface area contributed by atoms with Crippen LogP contribution in [0.3, 0.4) is 0 Å². The molecule has 2 rings (SSSR count). The van der Waals surface area contributed by atoms with Gasteiger partial charge in [0.25, 0.3) is 0 Å². The molecule has 1 aliphatic carbocycles. The summed E-state index contributed by atoms with van der Waals surface area (Å²) in [6.07, 6.45) is 10.8. The van der Waals surface area contributed by atoms with E-state index in [0.29, 0.717) is 0 Å². The molecular weight excluding hydrogens is 150 g/mol. The summed E-state index contributed by atoms with van der Waals surface area (Å²) in [5.74, 6) is 0. The molecule has 1 aliphatic heterocycles. The predicted molar refractivity (Wildman–Crippen MR) is 48.2 cm³/mol. The molecule has 1 unspecified atom stereocenters. The summed E-state index contributed by atoms with van der Waals surface area (Å²) in [6.45, 7) is 4.46. The third-order valence-corrected chi connectivity index (χ3v) is 1.86. The molecule has 1 atom stereocenters. The Kier molecular flexibility index (Phi) is 1.80. The highest BCUT2D eigenvalue weighted by molar-refractivity contribution is 5.99. The second-order valence-electron chi connectivity index (χ2n) is 2.68. The SMILES string of the molecule is C=CCN1NN=C2[C]=CC=CC21. The van der Waals surface area contributed by atoms with Crippen molar-refractivity contribution < 1.29 is 0 Å². The van der Waals surface area contributed by atoms with E-state index in [4.69, 9.17) is 0 Å². The zero-order chi connectivity index (χ0) is 8.39. The number of hydrazone groups is 1. The van der Waals surface area contributed by atoms with Crippen LogP contribution in [0.4, 0.5) is 0 Å². The van der Waals surface area contributed by atoms with Gasteiger partial charge in [-0.25, -0.2) is 5.53 Å². The smallest absolute Gasteiger partial charge is 0.0939 e. The Morgan fingerprint density at radius 1 is 1.83 bits per heavy atom. The van der Waals surface area contributed by atoms with E-state index in [1.807, 2.05) is 23.2 Å².